The maximum absolute atomic E-state index is 12.6. The predicted molar refractivity (Wildman–Crippen MR) is 119 cm³/mol. The van der Waals surface area contributed by atoms with E-state index in [2.05, 4.69) is 15.5 Å². The van der Waals surface area contributed by atoms with E-state index in [1.54, 1.807) is 18.3 Å². The van der Waals surface area contributed by atoms with Gasteiger partial charge in [-0.3, -0.25) is 9.36 Å². The van der Waals surface area contributed by atoms with Crippen molar-refractivity contribution in [1.29, 1.82) is 0 Å². The van der Waals surface area contributed by atoms with E-state index in [9.17, 15) is 13.2 Å². The quantitative estimate of drug-likeness (QED) is 0.543. The minimum Gasteiger partial charge on any atom is -0.351 e. The molecular formula is C20H22N4O3S3. The molecule has 2 aromatic heterocycles. The second kappa shape index (κ2) is 8.91. The third-order valence-corrected chi connectivity index (χ3v) is 8.59. The molecule has 10 heteroatoms. The highest BCUT2D eigenvalue weighted by Gasteiger charge is 2.30. The summed E-state index contributed by atoms with van der Waals surface area (Å²) < 4.78 is 25.3. The molecule has 2 unspecified atom stereocenters. The van der Waals surface area contributed by atoms with Gasteiger partial charge in [0, 0.05) is 6.04 Å². The molecule has 1 aromatic carbocycles. The van der Waals surface area contributed by atoms with Gasteiger partial charge in [-0.1, -0.05) is 48.2 Å². The fraction of sp³-hybridized carbons (Fsp3) is 0.350. The molecule has 0 bridgehead atoms. The molecule has 3 aromatic rings. The Labute approximate surface area is 183 Å². The van der Waals surface area contributed by atoms with Crippen LogP contribution < -0.4 is 5.32 Å². The molecule has 1 aliphatic heterocycles. The molecule has 4 rings (SSSR count). The SMILES string of the molecule is CC(Sc1nnc(-c2cccs2)n1Cc1ccccc1)C(=O)NC1CCS(=O)(=O)C1. The lowest BCUT2D eigenvalue weighted by Gasteiger charge is -2.16. The van der Waals surface area contributed by atoms with Crippen molar-refractivity contribution in [2.75, 3.05) is 11.5 Å². The van der Waals surface area contributed by atoms with Crippen LogP contribution in [0.15, 0.2) is 53.0 Å². The number of thioether (sulfide) groups is 1. The highest BCUT2D eigenvalue weighted by molar-refractivity contribution is 8.00. The summed E-state index contributed by atoms with van der Waals surface area (Å²) in [4.78, 5) is 13.6. The largest absolute Gasteiger partial charge is 0.351 e. The average Bonchev–Trinajstić information content (AvgIpc) is 3.44. The van der Waals surface area contributed by atoms with Crippen LogP contribution in [0.4, 0.5) is 0 Å². The highest BCUT2D eigenvalue weighted by atomic mass is 32.2. The lowest BCUT2D eigenvalue weighted by molar-refractivity contribution is -0.120. The number of nitrogens with one attached hydrogen (secondary N) is 1. The van der Waals surface area contributed by atoms with Gasteiger partial charge in [0.1, 0.15) is 0 Å². The Morgan fingerprint density at radius 2 is 2.07 bits per heavy atom. The van der Waals surface area contributed by atoms with Crippen molar-refractivity contribution in [2.24, 2.45) is 0 Å². The van der Waals surface area contributed by atoms with Gasteiger partial charge in [0.15, 0.2) is 20.8 Å². The molecule has 1 aliphatic rings. The van der Waals surface area contributed by atoms with Crippen LogP contribution in [-0.4, -0.2) is 51.9 Å². The predicted octanol–water partition coefficient (Wildman–Crippen LogP) is 2.84. The minimum absolute atomic E-state index is 0.0167. The van der Waals surface area contributed by atoms with Crippen LogP contribution in [0.1, 0.15) is 18.9 Å². The first-order chi connectivity index (χ1) is 14.4. The lowest BCUT2D eigenvalue weighted by atomic mass is 10.2. The monoisotopic (exact) mass is 462 g/mol. The van der Waals surface area contributed by atoms with E-state index < -0.39 is 15.1 Å². The van der Waals surface area contributed by atoms with Crippen molar-refractivity contribution in [1.82, 2.24) is 20.1 Å². The summed E-state index contributed by atoms with van der Waals surface area (Å²) in [5.74, 6) is 0.734. The van der Waals surface area contributed by atoms with Crippen molar-refractivity contribution in [3.63, 3.8) is 0 Å². The molecule has 0 saturated carbocycles. The Bertz CT molecular complexity index is 1110. The Balaban J connectivity index is 1.52. The molecule has 2 atom stereocenters. The third-order valence-electron chi connectivity index (χ3n) is 4.87. The first-order valence-electron chi connectivity index (χ1n) is 9.60. The summed E-state index contributed by atoms with van der Waals surface area (Å²) in [5.41, 5.74) is 1.12. The second-order valence-electron chi connectivity index (χ2n) is 7.22. The number of nitrogens with zero attached hydrogens (tertiary/aromatic N) is 3. The molecule has 1 saturated heterocycles. The normalized spacial score (nSPS) is 18.9. The summed E-state index contributed by atoms with van der Waals surface area (Å²) in [6.07, 6.45) is 0.470. The second-order valence-corrected chi connectivity index (χ2v) is 11.7. The van der Waals surface area contributed by atoms with Crippen LogP contribution in [0.25, 0.3) is 10.7 Å². The molecule has 30 heavy (non-hydrogen) atoms. The maximum atomic E-state index is 12.6. The number of thiophene rings is 1. The molecule has 1 fully saturated rings. The van der Waals surface area contributed by atoms with Gasteiger partial charge in [-0.05, 0) is 30.4 Å². The molecule has 0 spiro atoms. The van der Waals surface area contributed by atoms with Gasteiger partial charge < -0.3 is 5.32 Å². The van der Waals surface area contributed by atoms with Gasteiger partial charge in [0.05, 0.1) is 28.2 Å². The fourth-order valence-electron chi connectivity index (χ4n) is 3.31. The molecule has 3 heterocycles. The van der Waals surface area contributed by atoms with E-state index >= 15 is 0 Å². The van der Waals surface area contributed by atoms with Gasteiger partial charge in [-0.15, -0.1) is 21.5 Å². The number of sulfone groups is 1. The van der Waals surface area contributed by atoms with Gasteiger partial charge in [-0.25, -0.2) is 8.42 Å². The van der Waals surface area contributed by atoms with Gasteiger partial charge in [0.25, 0.3) is 0 Å². The zero-order valence-electron chi connectivity index (χ0n) is 16.4. The van der Waals surface area contributed by atoms with E-state index in [0.717, 1.165) is 16.3 Å². The maximum Gasteiger partial charge on any atom is 0.233 e. The first-order valence-corrected chi connectivity index (χ1v) is 13.2. The number of amides is 1. The minimum atomic E-state index is -3.04. The van der Waals surface area contributed by atoms with Crippen LogP contribution >= 0.6 is 23.1 Å². The molecule has 0 radical (unpaired) electrons. The zero-order valence-corrected chi connectivity index (χ0v) is 18.8. The van der Waals surface area contributed by atoms with Crippen molar-refractivity contribution in [2.45, 2.75) is 36.3 Å². The number of aromatic nitrogens is 3. The Morgan fingerprint density at radius 3 is 2.73 bits per heavy atom. The van der Waals surface area contributed by atoms with Crippen LogP contribution in [0, 0.1) is 0 Å². The number of rotatable bonds is 7. The summed E-state index contributed by atoms with van der Waals surface area (Å²) in [6, 6.07) is 13.7. The lowest BCUT2D eigenvalue weighted by Crippen LogP contribution is -2.40. The first kappa shape index (κ1) is 21.1. The molecule has 1 amide bonds. The van der Waals surface area contributed by atoms with Crippen molar-refractivity contribution in [3.05, 3.63) is 53.4 Å². The number of carbonyl (C=O) groups excluding carboxylic acids is 1. The summed E-state index contributed by atoms with van der Waals surface area (Å²) in [7, 11) is -3.04. The molecule has 0 aliphatic carbocycles. The van der Waals surface area contributed by atoms with E-state index in [0.29, 0.717) is 18.1 Å². The van der Waals surface area contributed by atoms with Crippen LogP contribution in [0.3, 0.4) is 0 Å². The summed E-state index contributed by atoms with van der Waals surface area (Å²) in [6.45, 7) is 2.40. The third kappa shape index (κ3) is 4.93. The Hall–Kier alpha value is -2.17. The fourth-order valence-corrected chi connectivity index (χ4v) is 6.56. The molecule has 7 nitrogen and oxygen atoms in total. The zero-order chi connectivity index (χ0) is 21.1. The van der Waals surface area contributed by atoms with Crippen molar-refractivity contribution in [3.8, 4) is 10.7 Å². The highest BCUT2D eigenvalue weighted by Crippen LogP contribution is 2.30. The standard InChI is InChI=1S/C20H22N4O3S3/c1-14(19(25)21-16-9-11-30(26,27)13-16)29-20-23-22-18(17-8-5-10-28-17)24(20)12-15-6-3-2-4-7-15/h2-8,10,14,16H,9,11-13H2,1H3,(H,21,25). The van der Waals surface area contributed by atoms with Gasteiger partial charge >= 0.3 is 0 Å². The van der Waals surface area contributed by atoms with Crippen molar-refractivity contribution >= 4 is 38.8 Å². The smallest absolute Gasteiger partial charge is 0.233 e. The van der Waals surface area contributed by atoms with Gasteiger partial charge in [0.2, 0.25) is 5.91 Å². The van der Waals surface area contributed by atoms with Gasteiger partial charge in [-0.2, -0.15) is 0 Å². The Kier molecular flexibility index (Phi) is 6.26. The number of carbonyl (C=O) groups is 1. The number of hydrogen-bond donors (Lipinski definition) is 1. The van der Waals surface area contributed by atoms with E-state index in [1.807, 2.05) is 52.4 Å². The topological polar surface area (TPSA) is 93.9 Å². The Morgan fingerprint density at radius 1 is 1.27 bits per heavy atom. The van der Waals surface area contributed by atoms with Crippen LogP contribution in [0.5, 0.6) is 0 Å². The molecular weight excluding hydrogens is 440 g/mol. The van der Waals surface area contributed by atoms with E-state index in [1.165, 1.54) is 11.8 Å². The summed E-state index contributed by atoms with van der Waals surface area (Å²) >= 11 is 2.92. The summed E-state index contributed by atoms with van der Waals surface area (Å²) in [5, 5.41) is 13.8. The molecule has 158 valence electrons. The number of hydrogen-bond acceptors (Lipinski definition) is 7. The average molecular weight is 463 g/mol. The van der Waals surface area contributed by atoms with E-state index in [-0.39, 0.29) is 23.5 Å². The van der Waals surface area contributed by atoms with Crippen molar-refractivity contribution < 1.29 is 13.2 Å². The molecule has 1 N–H and O–H groups in total. The van der Waals surface area contributed by atoms with E-state index in [4.69, 9.17) is 0 Å². The van der Waals surface area contributed by atoms with Crippen LogP contribution in [0.2, 0.25) is 0 Å². The number of benzene rings is 1. The van der Waals surface area contributed by atoms with Crippen LogP contribution in [-0.2, 0) is 21.2 Å².